The van der Waals surface area contributed by atoms with E-state index in [0.29, 0.717) is 57.1 Å². The van der Waals surface area contributed by atoms with Crippen molar-refractivity contribution in [2.75, 3.05) is 91.9 Å². The molecular formula is C50H81N9O8S6. The fraction of sp³-hybridized carbons (Fsp3) is 0.620. The molecule has 3 amide bonds. The number of amides is 3. The Bertz CT molecular complexity index is 2440. The van der Waals surface area contributed by atoms with E-state index in [1.165, 1.54) is 16.3 Å². The predicted octanol–water partition coefficient (Wildman–Crippen LogP) is 6.77. The van der Waals surface area contributed by atoms with E-state index >= 15 is 0 Å². The lowest BCUT2D eigenvalue weighted by Crippen LogP contribution is -2.64. The molecule has 23 heteroatoms. The summed E-state index contributed by atoms with van der Waals surface area (Å²) < 4.78 is 32.7. The number of rotatable bonds is 13. The van der Waals surface area contributed by atoms with Crippen molar-refractivity contribution >= 4 is 113 Å². The van der Waals surface area contributed by atoms with Gasteiger partial charge in [0.05, 0.1) is 67.0 Å². The van der Waals surface area contributed by atoms with Gasteiger partial charge in [0.1, 0.15) is 23.2 Å². The molecule has 410 valence electrons. The number of likely N-dealkylation sites (tertiary alicyclic amines) is 1. The first-order valence-electron chi connectivity index (χ1n) is 24.3. The third-order valence-corrected chi connectivity index (χ3v) is 14.6. The van der Waals surface area contributed by atoms with Gasteiger partial charge < -0.3 is 48.3 Å². The number of nitrogens with zero attached hydrogens (tertiary/aromatic N) is 7. The first-order chi connectivity index (χ1) is 32.7. The van der Waals surface area contributed by atoms with E-state index in [9.17, 15) is 14.4 Å². The number of pyridine rings is 1. The van der Waals surface area contributed by atoms with Crippen LogP contribution < -0.4 is 15.6 Å². The highest BCUT2D eigenvalue weighted by Gasteiger charge is 2.42. The zero-order valence-corrected chi connectivity index (χ0v) is 49.7. The van der Waals surface area contributed by atoms with Crippen LogP contribution in [0.15, 0.2) is 35.8 Å². The number of methoxy groups -OCH3 is 2. The number of likely N-dealkylation sites (N-methyl/N-ethyl adjacent to an activating group) is 1. The normalized spacial score (nSPS) is 21.5. The second-order valence-electron chi connectivity index (χ2n) is 19.7. The summed E-state index contributed by atoms with van der Waals surface area (Å²) in [7, 11) is 5.49. The van der Waals surface area contributed by atoms with Gasteiger partial charge in [-0.15, -0.1) is 11.3 Å². The largest absolute Gasteiger partial charge is 0.464 e. The fourth-order valence-electron chi connectivity index (χ4n) is 9.79. The molecule has 4 aromatic rings. The number of esters is 1. The van der Waals surface area contributed by atoms with Crippen molar-refractivity contribution in [2.45, 2.75) is 110 Å². The van der Waals surface area contributed by atoms with E-state index in [0.717, 1.165) is 83.0 Å². The maximum Gasteiger partial charge on any atom is 0.324 e. The van der Waals surface area contributed by atoms with Crippen molar-refractivity contribution in [3.8, 4) is 22.5 Å². The summed E-state index contributed by atoms with van der Waals surface area (Å²) in [6.07, 6.45) is 3.16. The van der Waals surface area contributed by atoms with Crippen LogP contribution in [-0.2, 0) is 46.2 Å². The standard InChI is InChI=1S/C50H71N9O8S.5H2S/c1-10-65-45-43(53-49(62)57-17-15-34(57)28-63-8)47(60)59-16-11-12-39(54-59)48(61)67-30-50(5,6)26-38-36-24-33(40-29-68-46(45)52-40)13-14-41(36)58(22-23-66-31(2)3)44(38)37-25-35(27-51-42(37)32(4)64-9)56-20-18-55(7)19-21-56;;;;;/h13-14,24-25,27,29,31-32,34,39,43,45,54H,10-12,15-23,26,28,30H2,1-9H3,(H,53,62);5*1H2/t32-,34-,39-,43-,45-;;;;;/m0...../s1. The van der Waals surface area contributed by atoms with Gasteiger partial charge in [-0.2, -0.15) is 67.5 Å². The van der Waals surface area contributed by atoms with E-state index in [2.05, 4.69) is 70.3 Å². The van der Waals surface area contributed by atoms with Gasteiger partial charge in [0, 0.05) is 99.5 Å². The molecule has 7 heterocycles. The van der Waals surface area contributed by atoms with Crippen LogP contribution in [0.1, 0.15) is 89.3 Å². The van der Waals surface area contributed by atoms with Crippen LogP contribution in [0.4, 0.5) is 10.5 Å². The molecule has 0 spiro atoms. The van der Waals surface area contributed by atoms with Crippen LogP contribution >= 0.6 is 78.8 Å². The second-order valence-corrected chi connectivity index (χ2v) is 20.5. The Kier molecular flexibility index (Phi) is 25.1. The molecule has 4 aliphatic heterocycles. The zero-order valence-electron chi connectivity index (χ0n) is 43.8. The lowest BCUT2D eigenvalue weighted by Gasteiger charge is -2.42. The number of anilines is 1. The number of piperazine rings is 1. The first kappa shape index (κ1) is 64.3. The fourth-order valence-corrected chi connectivity index (χ4v) is 10.7. The van der Waals surface area contributed by atoms with E-state index in [4.69, 9.17) is 33.7 Å². The molecule has 4 aliphatic rings. The Labute approximate surface area is 470 Å². The van der Waals surface area contributed by atoms with Crippen LogP contribution in [0.25, 0.3) is 33.4 Å². The maximum atomic E-state index is 14.8. The minimum atomic E-state index is -1.16. The molecule has 0 saturated carbocycles. The van der Waals surface area contributed by atoms with Crippen molar-refractivity contribution < 1.29 is 38.1 Å². The average molecular weight is 1130 g/mol. The highest BCUT2D eigenvalue weighted by Crippen LogP contribution is 2.43. The number of hydrogen-bond donors (Lipinski definition) is 2. The zero-order chi connectivity index (χ0) is 48.3. The first-order valence-corrected chi connectivity index (χ1v) is 25.2. The number of nitrogens with one attached hydrogen (secondary N) is 2. The highest BCUT2D eigenvalue weighted by molar-refractivity contribution is 7.60. The van der Waals surface area contributed by atoms with Gasteiger partial charge >= 0.3 is 12.0 Å². The van der Waals surface area contributed by atoms with Gasteiger partial charge in [-0.1, -0.05) is 19.9 Å². The summed E-state index contributed by atoms with van der Waals surface area (Å²) >= 11 is 1.39. The molecule has 73 heavy (non-hydrogen) atoms. The number of ether oxygens (including phenoxy) is 5. The summed E-state index contributed by atoms with van der Waals surface area (Å²) in [5, 5.41) is 8.05. The van der Waals surface area contributed by atoms with Crippen molar-refractivity contribution in [3.05, 3.63) is 52.1 Å². The van der Waals surface area contributed by atoms with E-state index in [1.54, 1.807) is 19.1 Å². The Balaban J connectivity index is 0.00000281. The molecule has 1 aromatic carbocycles. The van der Waals surface area contributed by atoms with Crippen molar-refractivity contribution in [3.63, 3.8) is 0 Å². The number of cyclic esters (lactones) is 1. The van der Waals surface area contributed by atoms with Crippen molar-refractivity contribution in [1.29, 1.82) is 0 Å². The average Bonchev–Trinajstić information content (AvgIpc) is 3.92. The van der Waals surface area contributed by atoms with Crippen LogP contribution in [-0.4, -0.2) is 158 Å². The van der Waals surface area contributed by atoms with Gasteiger partial charge in [-0.25, -0.2) is 15.2 Å². The molecule has 0 unspecified atom stereocenters. The summed E-state index contributed by atoms with van der Waals surface area (Å²) in [6.45, 7) is 18.6. The number of benzene rings is 1. The summed E-state index contributed by atoms with van der Waals surface area (Å²) in [5.74, 6) is -0.867. The molecule has 17 nitrogen and oxygen atoms in total. The minimum absolute atomic E-state index is 0. The number of carbonyl (C=O) groups excluding carboxylic acids is 3. The minimum Gasteiger partial charge on any atom is -0.464 e. The lowest BCUT2D eigenvalue weighted by atomic mass is 9.84. The van der Waals surface area contributed by atoms with Crippen LogP contribution in [0.5, 0.6) is 0 Å². The second kappa shape index (κ2) is 28.4. The molecule has 6 bridgehead atoms. The third kappa shape index (κ3) is 14.6. The van der Waals surface area contributed by atoms with Gasteiger partial charge in [0.25, 0.3) is 5.91 Å². The van der Waals surface area contributed by atoms with Crippen molar-refractivity contribution in [2.24, 2.45) is 5.41 Å². The number of aromatic nitrogens is 3. The number of thiazole rings is 1. The quantitative estimate of drug-likeness (QED) is 0.135. The van der Waals surface area contributed by atoms with Crippen LogP contribution in [0, 0.1) is 5.41 Å². The highest BCUT2D eigenvalue weighted by atomic mass is 32.1. The molecule has 3 aromatic heterocycles. The lowest BCUT2D eigenvalue weighted by molar-refractivity contribution is -0.156. The molecule has 0 radical (unpaired) electrons. The third-order valence-electron chi connectivity index (χ3n) is 13.7. The SMILES string of the molecule is CCO[C@@H]1c2nc(cs2)-c2ccc3c(c2)c(c(-c2cc(N4CCN(C)CC4)cnc2[C@H](C)OC)n3CCOC(C)C)CC(C)(C)COC(=O)[C@@H]2CCCN(N2)C(=O)[C@H]1NC(=O)N1CC[C@H]1COC.S.S.S.S.S. The van der Waals surface area contributed by atoms with Gasteiger partial charge in [-0.3, -0.25) is 19.6 Å². The molecule has 3 fully saturated rings. The number of fused-ring (bicyclic) bond motifs is 6. The number of hydrazine groups is 1. The summed E-state index contributed by atoms with van der Waals surface area (Å²) in [4.78, 5) is 59.7. The van der Waals surface area contributed by atoms with Gasteiger partial charge in [0.2, 0.25) is 0 Å². The Morgan fingerprint density at radius 2 is 1.74 bits per heavy atom. The van der Waals surface area contributed by atoms with Crippen molar-refractivity contribution in [1.82, 2.24) is 40.1 Å². The Hall–Kier alpha value is -2.94. The van der Waals surface area contributed by atoms with Gasteiger partial charge in [-0.05, 0) is 84.2 Å². The number of hydrogen-bond acceptors (Lipinski definition) is 14. The molecule has 8 rings (SSSR count). The van der Waals surface area contributed by atoms with E-state index in [1.807, 2.05) is 39.3 Å². The Morgan fingerprint density at radius 1 is 1.00 bits per heavy atom. The smallest absolute Gasteiger partial charge is 0.324 e. The molecule has 0 aliphatic carbocycles. The number of carbonyl (C=O) groups is 3. The Morgan fingerprint density at radius 3 is 2.40 bits per heavy atom. The topological polar surface area (TPSA) is 165 Å². The summed E-state index contributed by atoms with van der Waals surface area (Å²) in [5.41, 5.74) is 10.2. The molecular weight excluding hydrogens is 1050 g/mol. The molecule has 2 N–H and O–H groups in total. The maximum absolute atomic E-state index is 14.8. The number of urea groups is 1. The monoisotopic (exact) mass is 1130 g/mol. The molecule has 5 atom stereocenters. The van der Waals surface area contributed by atoms with Crippen LogP contribution in [0.2, 0.25) is 0 Å². The van der Waals surface area contributed by atoms with Gasteiger partial charge in [0.15, 0.2) is 0 Å². The van der Waals surface area contributed by atoms with Crippen LogP contribution in [0.3, 0.4) is 0 Å². The summed E-state index contributed by atoms with van der Waals surface area (Å²) in [6, 6.07) is 6.30. The van der Waals surface area contributed by atoms with E-state index in [-0.39, 0.29) is 105 Å². The predicted molar refractivity (Wildman–Crippen MR) is 314 cm³/mol. The van der Waals surface area contributed by atoms with E-state index < -0.39 is 35.5 Å². The molecule has 3 saturated heterocycles.